The lowest BCUT2D eigenvalue weighted by Crippen LogP contribution is -2.17. The highest BCUT2D eigenvalue weighted by atomic mass is 14.7. The summed E-state index contributed by atoms with van der Waals surface area (Å²) in [5, 5.41) is 0. The molecule has 0 saturated heterocycles. The Morgan fingerprint density at radius 3 is 2.79 bits per heavy atom. The third kappa shape index (κ3) is 2.54. The van der Waals surface area contributed by atoms with E-state index in [1.165, 1.54) is 28.8 Å². The summed E-state index contributed by atoms with van der Waals surface area (Å²) in [4.78, 5) is 4.57. The first-order valence-electron chi connectivity index (χ1n) is 7.02. The van der Waals surface area contributed by atoms with Gasteiger partial charge < -0.3 is 5.73 Å². The summed E-state index contributed by atoms with van der Waals surface area (Å²) in [5.41, 5.74) is 11.2. The highest BCUT2D eigenvalue weighted by Crippen LogP contribution is 2.36. The summed E-state index contributed by atoms with van der Waals surface area (Å²) in [5.74, 6) is 0.473. The second-order valence-electron chi connectivity index (χ2n) is 5.56. The molecular weight excluding hydrogens is 232 g/mol. The van der Waals surface area contributed by atoms with Crippen molar-refractivity contribution in [1.82, 2.24) is 4.98 Å². The molecular formula is C17H20N2. The topological polar surface area (TPSA) is 38.9 Å². The summed E-state index contributed by atoms with van der Waals surface area (Å²) in [6.45, 7) is 2.05. The van der Waals surface area contributed by atoms with Crippen molar-refractivity contribution in [2.75, 3.05) is 0 Å². The average Bonchev–Trinajstić information content (AvgIpc) is 2.83. The van der Waals surface area contributed by atoms with Gasteiger partial charge in [-0.25, -0.2) is 0 Å². The minimum atomic E-state index is 0.222. The molecule has 1 aromatic carbocycles. The van der Waals surface area contributed by atoms with Gasteiger partial charge in [-0.1, -0.05) is 30.3 Å². The van der Waals surface area contributed by atoms with E-state index in [1.54, 1.807) is 0 Å². The monoisotopic (exact) mass is 252 g/mol. The number of aromatic nitrogens is 1. The summed E-state index contributed by atoms with van der Waals surface area (Å²) < 4.78 is 0. The number of hydrogen-bond acceptors (Lipinski definition) is 2. The van der Waals surface area contributed by atoms with Gasteiger partial charge in [0.1, 0.15) is 0 Å². The maximum Gasteiger partial charge on any atom is 0.0510 e. The van der Waals surface area contributed by atoms with E-state index in [4.69, 9.17) is 5.73 Å². The van der Waals surface area contributed by atoms with E-state index in [0.29, 0.717) is 5.92 Å². The molecule has 0 fully saturated rings. The highest BCUT2D eigenvalue weighted by molar-refractivity contribution is 5.38. The SMILES string of the molecule is CC(N)Cc1ccc(C2CCc3cccnc32)cc1. The summed E-state index contributed by atoms with van der Waals surface area (Å²) in [6.07, 6.45) is 5.18. The van der Waals surface area contributed by atoms with Crippen LogP contribution in [0.25, 0.3) is 0 Å². The molecule has 1 aromatic heterocycles. The van der Waals surface area contributed by atoms with E-state index in [1.807, 2.05) is 19.2 Å². The molecule has 0 saturated carbocycles. The Morgan fingerprint density at radius 1 is 1.26 bits per heavy atom. The first kappa shape index (κ1) is 12.4. The number of rotatable bonds is 3. The molecule has 0 bridgehead atoms. The second kappa shape index (κ2) is 5.14. The Labute approximate surface area is 114 Å². The first-order valence-corrected chi connectivity index (χ1v) is 7.02. The van der Waals surface area contributed by atoms with Crippen molar-refractivity contribution in [3.8, 4) is 0 Å². The van der Waals surface area contributed by atoms with Crippen LogP contribution in [0.3, 0.4) is 0 Å². The molecule has 0 aliphatic heterocycles. The fraction of sp³-hybridized carbons (Fsp3) is 0.353. The van der Waals surface area contributed by atoms with Crippen LogP contribution in [0.15, 0.2) is 42.6 Å². The van der Waals surface area contributed by atoms with Crippen LogP contribution in [-0.4, -0.2) is 11.0 Å². The molecule has 0 spiro atoms. The molecule has 1 aliphatic rings. The summed E-state index contributed by atoms with van der Waals surface area (Å²) in [7, 11) is 0. The molecule has 2 atom stereocenters. The van der Waals surface area contributed by atoms with Gasteiger partial charge in [0.15, 0.2) is 0 Å². The van der Waals surface area contributed by atoms with E-state index in [-0.39, 0.29) is 6.04 Å². The zero-order valence-corrected chi connectivity index (χ0v) is 11.3. The fourth-order valence-electron chi connectivity index (χ4n) is 2.99. The van der Waals surface area contributed by atoms with Crippen molar-refractivity contribution < 1.29 is 0 Å². The molecule has 19 heavy (non-hydrogen) atoms. The van der Waals surface area contributed by atoms with Crippen LogP contribution < -0.4 is 5.73 Å². The van der Waals surface area contributed by atoms with Gasteiger partial charge in [-0.05, 0) is 48.9 Å². The smallest absolute Gasteiger partial charge is 0.0510 e. The Kier molecular flexibility index (Phi) is 3.34. The van der Waals surface area contributed by atoms with Gasteiger partial charge in [0.25, 0.3) is 0 Å². The van der Waals surface area contributed by atoms with Crippen LogP contribution in [0.5, 0.6) is 0 Å². The van der Waals surface area contributed by atoms with E-state index >= 15 is 0 Å². The Bertz CT molecular complexity index is 558. The van der Waals surface area contributed by atoms with Gasteiger partial charge in [-0.3, -0.25) is 4.98 Å². The predicted molar refractivity (Wildman–Crippen MR) is 78.2 cm³/mol. The fourth-order valence-corrected chi connectivity index (χ4v) is 2.99. The zero-order valence-electron chi connectivity index (χ0n) is 11.3. The van der Waals surface area contributed by atoms with Crippen molar-refractivity contribution in [3.05, 3.63) is 65.0 Å². The third-order valence-electron chi connectivity index (χ3n) is 3.90. The van der Waals surface area contributed by atoms with Crippen molar-refractivity contribution in [2.24, 2.45) is 5.73 Å². The molecule has 0 amide bonds. The zero-order chi connectivity index (χ0) is 13.2. The Hall–Kier alpha value is -1.67. The van der Waals surface area contributed by atoms with Crippen LogP contribution >= 0.6 is 0 Å². The molecule has 1 heterocycles. The maximum atomic E-state index is 5.84. The molecule has 0 radical (unpaired) electrons. The van der Waals surface area contributed by atoms with E-state index in [2.05, 4.69) is 35.3 Å². The lowest BCUT2D eigenvalue weighted by molar-refractivity contribution is 0.735. The molecule has 1 aliphatic carbocycles. The molecule has 98 valence electrons. The number of aryl methyl sites for hydroxylation is 1. The third-order valence-corrected chi connectivity index (χ3v) is 3.90. The molecule has 3 rings (SSSR count). The van der Waals surface area contributed by atoms with Gasteiger partial charge in [-0.15, -0.1) is 0 Å². The van der Waals surface area contributed by atoms with Gasteiger partial charge in [-0.2, -0.15) is 0 Å². The molecule has 2 unspecified atom stereocenters. The van der Waals surface area contributed by atoms with Gasteiger partial charge in [0, 0.05) is 18.2 Å². The minimum Gasteiger partial charge on any atom is -0.328 e. The van der Waals surface area contributed by atoms with Gasteiger partial charge in [0.2, 0.25) is 0 Å². The van der Waals surface area contributed by atoms with Crippen LogP contribution in [0, 0.1) is 0 Å². The van der Waals surface area contributed by atoms with Crippen LogP contribution in [0.4, 0.5) is 0 Å². The maximum absolute atomic E-state index is 5.84. The number of nitrogens with two attached hydrogens (primary N) is 1. The lowest BCUT2D eigenvalue weighted by atomic mass is 9.94. The van der Waals surface area contributed by atoms with Crippen molar-refractivity contribution in [3.63, 3.8) is 0 Å². The van der Waals surface area contributed by atoms with Gasteiger partial charge in [0.05, 0.1) is 5.69 Å². The summed E-state index contributed by atoms with van der Waals surface area (Å²) in [6, 6.07) is 13.4. The molecule has 2 nitrogen and oxygen atoms in total. The average molecular weight is 252 g/mol. The van der Waals surface area contributed by atoms with E-state index < -0.39 is 0 Å². The number of pyridine rings is 1. The van der Waals surface area contributed by atoms with E-state index in [0.717, 1.165) is 12.8 Å². The molecule has 2 N–H and O–H groups in total. The lowest BCUT2D eigenvalue weighted by Gasteiger charge is -2.12. The van der Waals surface area contributed by atoms with Crippen molar-refractivity contribution in [2.45, 2.75) is 38.1 Å². The predicted octanol–water partition coefficient (Wildman–Crippen LogP) is 3.05. The van der Waals surface area contributed by atoms with E-state index in [9.17, 15) is 0 Å². The second-order valence-corrected chi connectivity index (χ2v) is 5.56. The standard InChI is InChI=1S/C17H20N2/c1-12(18)11-13-4-6-14(7-5-13)16-9-8-15-3-2-10-19-17(15)16/h2-7,10,12,16H,8-9,11,18H2,1H3. The van der Waals surface area contributed by atoms with Crippen molar-refractivity contribution >= 4 is 0 Å². The van der Waals surface area contributed by atoms with Crippen molar-refractivity contribution in [1.29, 1.82) is 0 Å². The quantitative estimate of drug-likeness (QED) is 0.912. The van der Waals surface area contributed by atoms with Gasteiger partial charge >= 0.3 is 0 Å². The van der Waals surface area contributed by atoms with Crippen LogP contribution in [0.1, 0.15) is 41.6 Å². The number of fused-ring (bicyclic) bond motifs is 1. The first-order chi connectivity index (χ1) is 9.24. The largest absolute Gasteiger partial charge is 0.328 e. The number of nitrogens with zero attached hydrogens (tertiary/aromatic N) is 1. The Morgan fingerprint density at radius 2 is 2.05 bits per heavy atom. The van der Waals surface area contributed by atoms with Crippen LogP contribution in [0.2, 0.25) is 0 Å². The highest BCUT2D eigenvalue weighted by Gasteiger charge is 2.24. The normalized spacial score (nSPS) is 19.2. The number of benzene rings is 1. The molecule has 2 aromatic rings. The minimum absolute atomic E-state index is 0.222. The summed E-state index contributed by atoms with van der Waals surface area (Å²) >= 11 is 0. The van der Waals surface area contributed by atoms with Crippen LogP contribution in [-0.2, 0) is 12.8 Å². The Balaban J connectivity index is 1.84. The molecule has 2 heteroatoms. The number of hydrogen-bond donors (Lipinski definition) is 1.